The van der Waals surface area contributed by atoms with Gasteiger partial charge >= 0.3 is 0 Å². The van der Waals surface area contributed by atoms with E-state index in [-0.39, 0.29) is 6.10 Å². The zero-order valence-corrected chi connectivity index (χ0v) is 11.1. The third-order valence-electron chi connectivity index (χ3n) is 2.55. The monoisotopic (exact) mass is 260 g/mol. The van der Waals surface area contributed by atoms with Crippen molar-refractivity contribution in [3.63, 3.8) is 0 Å². The van der Waals surface area contributed by atoms with E-state index in [1.807, 2.05) is 38.1 Å². The topological polar surface area (TPSA) is 34.1 Å². The van der Waals surface area contributed by atoms with Gasteiger partial charge in [0.1, 0.15) is 5.75 Å². The van der Waals surface area contributed by atoms with E-state index >= 15 is 0 Å². The minimum absolute atomic E-state index is 0.133. The van der Waals surface area contributed by atoms with E-state index < -0.39 is 5.95 Å². The summed E-state index contributed by atoms with van der Waals surface area (Å²) in [5, 5.41) is 3.19. The molecule has 1 heterocycles. The number of rotatable bonds is 5. The molecule has 3 nitrogen and oxygen atoms in total. The molecular weight excluding hydrogens is 243 g/mol. The molecule has 1 aromatic heterocycles. The number of nitrogens with one attached hydrogen (secondary N) is 1. The number of nitrogens with zero attached hydrogens (tertiary/aromatic N) is 1. The summed E-state index contributed by atoms with van der Waals surface area (Å²) in [5.74, 6) is 0.383. The van der Waals surface area contributed by atoms with Gasteiger partial charge in [-0.1, -0.05) is 18.2 Å². The highest BCUT2D eigenvalue weighted by atomic mass is 19.1. The molecule has 0 saturated carbocycles. The molecule has 0 aliphatic carbocycles. The minimum atomic E-state index is -0.478. The molecule has 0 amide bonds. The Labute approximate surface area is 112 Å². The van der Waals surface area contributed by atoms with Crippen LogP contribution in [-0.4, -0.2) is 11.1 Å². The van der Waals surface area contributed by atoms with Crippen molar-refractivity contribution >= 4 is 5.69 Å². The van der Waals surface area contributed by atoms with Crippen molar-refractivity contribution in [2.24, 2.45) is 0 Å². The molecular formula is C15H17FN2O. The number of halogens is 1. The van der Waals surface area contributed by atoms with Gasteiger partial charge in [-0.15, -0.1) is 0 Å². The summed E-state index contributed by atoms with van der Waals surface area (Å²) in [6.45, 7) is 4.60. The molecule has 4 heteroatoms. The lowest BCUT2D eigenvalue weighted by atomic mass is 10.2. The standard InChI is InChI=1S/C15H17FN2O/c1-11(2)19-14-6-4-3-5-12(14)9-17-13-7-8-15(16)18-10-13/h3-8,10-11,17H,9H2,1-2H3. The number of benzene rings is 1. The first-order valence-electron chi connectivity index (χ1n) is 6.25. The Morgan fingerprint density at radius 3 is 2.68 bits per heavy atom. The molecule has 2 aromatic rings. The van der Waals surface area contributed by atoms with Crippen LogP contribution >= 0.6 is 0 Å². The summed E-state index contributed by atoms with van der Waals surface area (Å²) in [7, 11) is 0. The van der Waals surface area contributed by atoms with Crippen LogP contribution in [0.1, 0.15) is 19.4 Å². The molecule has 0 aliphatic heterocycles. The van der Waals surface area contributed by atoms with E-state index in [2.05, 4.69) is 10.3 Å². The van der Waals surface area contributed by atoms with E-state index in [0.717, 1.165) is 17.0 Å². The van der Waals surface area contributed by atoms with Gasteiger partial charge in [-0.3, -0.25) is 0 Å². The fourth-order valence-electron chi connectivity index (χ4n) is 1.70. The maximum Gasteiger partial charge on any atom is 0.212 e. The molecule has 100 valence electrons. The minimum Gasteiger partial charge on any atom is -0.491 e. The molecule has 19 heavy (non-hydrogen) atoms. The van der Waals surface area contributed by atoms with E-state index in [1.54, 1.807) is 6.07 Å². The van der Waals surface area contributed by atoms with Gasteiger partial charge in [0.2, 0.25) is 5.95 Å². The molecule has 0 atom stereocenters. The number of hydrogen-bond acceptors (Lipinski definition) is 3. The number of ether oxygens (including phenoxy) is 1. The third kappa shape index (κ3) is 3.95. The maximum atomic E-state index is 12.7. The van der Waals surface area contributed by atoms with Gasteiger partial charge in [0.15, 0.2) is 0 Å². The maximum absolute atomic E-state index is 12.7. The van der Waals surface area contributed by atoms with Crippen LogP contribution in [0.5, 0.6) is 5.75 Å². The number of pyridine rings is 1. The smallest absolute Gasteiger partial charge is 0.212 e. The van der Waals surface area contributed by atoms with Crippen LogP contribution in [0.4, 0.5) is 10.1 Å². The van der Waals surface area contributed by atoms with Gasteiger partial charge in [-0.05, 0) is 32.0 Å². The molecule has 0 bridgehead atoms. The average molecular weight is 260 g/mol. The van der Waals surface area contributed by atoms with E-state index in [4.69, 9.17) is 4.74 Å². The second kappa shape index (κ2) is 6.18. The third-order valence-corrected chi connectivity index (χ3v) is 2.55. The Morgan fingerprint density at radius 2 is 2.00 bits per heavy atom. The van der Waals surface area contributed by atoms with Crippen LogP contribution in [0.25, 0.3) is 0 Å². The van der Waals surface area contributed by atoms with E-state index in [0.29, 0.717) is 6.54 Å². The Balaban J connectivity index is 2.04. The van der Waals surface area contributed by atoms with Crippen LogP contribution in [0.15, 0.2) is 42.6 Å². The lowest BCUT2D eigenvalue weighted by Crippen LogP contribution is -2.09. The predicted molar refractivity (Wildman–Crippen MR) is 73.7 cm³/mol. The molecule has 0 radical (unpaired) electrons. The van der Waals surface area contributed by atoms with Gasteiger partial charge in [-0.2, -0.15) is 4.39 Å². The van der Waals surface area contributed by atoms with Crippen molar-refractivity contribution < 1.29 is 9.13 Å². The Kier molecular flexibility index (Phi) is 4.34. The lowest BCUT2D eigenvalue weighted by molar-refractivity contribution is 0.240. The quantitative estimate of drug-likeness (QED) is 0.834. The highest BCUT2D eigenvalue weighted by Gasteiger charge is 2.04. The largest absolute Gasteiger partial charge is 0.491 e. The molecule has 0 spiro atoms. The zero-order chi connectivity index (χ0) is 13.7. The lowest BCUT2D eigenvalue weighted by Gasteiger charge is -2.14. The molecule has 0 saturated heterocycles. The average Bonchev–Trinajstić information content (AvgIpc) is 2.39. The Bertz CT molecular complexity index is 526. The number of aromatic nitrogens is 1. The van der Waals surface area contributed by atoms with Crippen LogP contribution in [-0.2, 0) is 6.54 Å². The van der Waals surface area contributed by atoms with E-state index in [1.165, 1.54) is 12.3 Å². The van der Waals surface area contributed by atoms with Crippen LogP contribution < -0.4 is 10.1 Å². The molecule has 2 rings (SSSR count). The summed E-state index contributed by atoms with van der Waals surface area (Å²) >= 11 is 0. The summed E-state index contributed by atoms with van der Waals surface area (Å²) in [6.07, 6.45) is 1.61. The summed E-state index contributed by atoms with van der Waals surface area (Å²) < 4.78 is 18.4. The summed E-state index contributed by atoms with van der Waals surface area (Å²) in [4.78, 5) is 3.60. The van der Waals surface area contributed by atoms with Gasteiger partial charge < -0.3 is 10.1 Å². The number of anilines is 1. The molecule has 0 fully saturated rings. The summed E-state index contributed by atoms with van der Waals surface area (Å²) in [6, 6.07) is 10.8. The molecule has 0 unspecified atom stereocenters. The normalized spacial score (nSPS) is 10.5. The van der Waals surface area contributed by atoms with Gasteiger partial charge in [-0.25, -0.2) is 4.98 Å². The van der Waals surface area contributed by atoms with Gasteiger partial charge in [0.05, 0.1) is 18.0 Å². The zero-order valence-electron chi connectivity index (χ0n) is 11.1. The number of para-hydroxylation sites is 1. The highest BCUT2D eigenvalue weighted by molar-refractivity contribution is 5.43. The van der Waals surface area contributed by atoms with Gasteiger partial charge in [0, 0.05) is 12.1 Å². The highest BCUT2D eigenvalue weighted by Crippen LogP contribution is 2.20. The molecule has 0 aliphatic rings. The van der Waals surface area contributed by atoms with Crippen molar-refractivity contribution in [3.8, 4) is 5.75 Å². The van der Waals surface area contributed by atoms with Crippen molar-refractivity contribution in [2.45, 2.75) is 26.5 Å². The second-order valence-electron chi connectivity index (χ2n) is 4.50. The van der Waals surface area contributed by atoms with Crippen molar-refractivity contribution in [1.82, 2.24) is 4.98 Å². The molecule has 1 aromatic carbocycles. The SMILES string of the molecule is CC(C)Oc1ccccc1CNc1ccc(F)nc1. The first-order valence-corrected chi connectivity index (χ1v) is 6.25. The fourth-order valence-corrected chi connectivity index (χ4v) is 1.70. The van der Waals surface area contributed by atoms with Crippen molar-refractivity contribution in [2.75, 3.05) is 5.32 Å². The van der Waals surface area contributed by atoms with Crippen molar-refractivity contribution in [1.29, 1.82) is 0 Å². The summed E-state index contributed by atoms with van der Waals surface area (Å²) in [5.41, 5.74) is 1.83. The first-order chi connectivity index (χ1) is 9.15. The van der Waals surface area contributed by atoms with Crippen LogP contribution in [0.2, 0.25) is 0 Å². The molecule has 1 N–H and O–H groups in total. The Morgan fingerprint density at radius 1 is 1.21 bits per heavy atom. The first kappa shape index (κ1) is 13.3. The number of hydrogen-bond donors (Lipinski definition) is 1. The second-order valence-corrected chi connectivity index (χ2v) is 4.50. The van der Waals surface area contributed by atoms with Crippen molar-refractivity contribution in [3.05, 3.63) is 54.1 Å². The predicted octanol–water partition coefficient (Wildman–Crippen LogP) is 3.62. The van der Waals surface area contributed by atoms with Crippen LogP contribution in [0.3, 0.4) is 0 Å². The van der Waals surface area contributed by atoms with Gasteiger partial charge in [0.25, 0.3) is 0 Å². The van der Waals surface area contributed by atoms with Crippen LogP contribution in [0, 0.1) is 5.95 Å². The Hall–Kier alpha value is -2.10. The van der Waals surface area contributed by atoms with E-state index in [9.17, 15) is 4.39 Å². The fraction of sp³-hybridized carbons (Fsp3) is 0.267.